The third kappa shape index (κ3) is 3.35. The fourth-order valence-electron chi connectivity index (χ4n) is 1.51. The first kappa shape index (κ1) is 13.3. The van der Waals surface area contributed by atoms with Gasteiger partial charge < -0.3 is 5.11 Å². The van der Waals surface area contributed by atoms with Crippen molar-refractivity contribution in [1.29, 1.82) is 0 Å². The molecule has 1 N–H and O–H groups in total. The van der Waals surface area contributed by atoms with E-state index in [2.05, 4.69) is 27.0 Å². The predicted octanol–water partition coefficient (Wildman–Crippen LogP) is 4.36. The maximum atomic E-state index is 9.29. The van der Waals surface area contributed by atoms with Gasteiger partial charge in [-0.2, -0.15) is 0 Å². The van der Waals surface area contributed by atoms with Crippen LogP contribution in [0, 0.1) is 0 Å². The summed E-state index contributed by atoms with van der Waals surface area (Å²) in [5.74, 6) is 0.285. The number of allylic oxidation sites excluding steroid dienone is 4. The van der Waals surface area contributed by atoms with Gasteiger partial charge in [-0.1, -0.05) is 56.9 Å². The van der Waals surface area contributed by atoms with Crippen molar-refractivity contribution in [2.45, 2.75) is 26.2 Å². The van der Waals surface area contributed by atoms with Gasteiger partial charge in [0.2, 0.25) is 0 Å². The molecule has 17 heavy (non-hydrogen) atoms. The smallest absolute Gasteiger partial charge is 0.115 e. The van der Waals surface area contributed by atoms with Crippen LogP contribution in [0.25, 0.3) is 0 Å². The van der Waals surface area contributed by atoms with E-state index in [1.165, 1.54) is 0 Å². The molecule has 0 aliphatic heterocycles. The number of benzene rings is 1. The Hall–Kier alpha value is -1.76. The molecule has 0 aromatic heterocycles. The van der Waals surface area contributed by atoms with Gasteiger partial charge >= 0.3 is 0 Å². The highest BCUT2D eigenvalue weighted by atomic mass is 16.3. The standard InChI is InChI=1S/C16H20O/c1-12(2)6-7-13(3)16(4,5)14-8-10-15(17)11-9-14/h6-11,17H,1,3H2,2,4-5H3/b7-6-. The van der Waals surface area contributed by atoms with Crippen molar-refractivity contribution in [2.75, 3.05) is 0 Å². The predicted molar refractivity (Wildman–Crippen MR) is 74.2 cm³/mol. The Morgan fingerprint density at radius 2 is 1.65 bits per heavy atom. The Morgan fingerprint density at radius 1 is 1.12 bits per heavy atom. The molecule has 0 spiro atoms. The van der Waals surface area contributed by atoms with Gasteiger partial charge in [-0.05, 0) is 30.2 Å². The van der Waals surface area contributed by atoms with Gasteiger partial charge in [0, 0.05) is 5.41 Å². The molecule has 0 radical (unpaired) electrons. The Morgan fingerprint density at radius 3 is 2.12 bits per heavy atom. The fraction of sp³-hybridized carbons (Fsp3) is 0.250. The molecular weight excluding hydrogens is 208 g/mol. The number of hydrogen-bond acceptors (Lipinski definition) is 1. The fourth-order valence-corrected chi connectivity index (χ4v) is 1.51. The average molecular weight is 228 g/mol. The van der Waals surface area contributed by atoms with Crippen LogP contribution in [-0.2, 0) is 5.41 Å². The lowest BCUT2D eigenvalue weighted by Crippen LogP contribution is -2.18. The summed E-state index contributed by atoms with van der Waals surface area (Å²) in [4.78, 5) is 0. The van der Waals surface area contributed by atoms with E-state index in [4.69, 9.17) is 0 Å². The molecular formula is C16H20O. The lowest BCUT2D eigenvalue weighted by molar-refractivity contribution is 0.474. The topological polar surface area (TPSA) is 20.2 Å². The molecule has 1 heteroatoms. The van der Waals surface area contributed by atoms with Crippen LogP contribution in [0.5, 0.6) is 5.75 Å². The van der Waals surface area contributed by atoms with E-state index in [-0.39, 0.29) is 11.2 Å². The maximum Gasteiger partial charge on any atom is 0.115 e. The van der Waals surface area contributed by atoms with E-state index in [1.54, 1.807) is 12.1 Å². The highest BCUT2D eigenvalue weighted by Gasteiger charge is 2.22. The lowest BCUT2D eigenvalue weighted by atomic mass is 9.78. The van der Waals surface area contributed by atoms with Gasteiger partial charge in [0.05, 0.1) is 0 Å². The largest absolute Gasteiger partial charge is 0.508 e. The van der Waals surface area contributed by atoms with Crippen molar-refractivity contribution in [3.8, 4) is 5.75 Å². The molecule has 0 saturated heterocycles. The van der Waals surface area contributed by atoms with E-state index in [1.807, 2.05) is 31.2 Å². The van der Waals surface area contributed by atoms with Crippen LogP contribution in [-0.4, -0.2) is 5.11 Å². The molecule has 1 aromatic carbocycles. The van der Waals surface area contributed by atoms with Crippen LogP contribution in [0.15, 0.2) is 60.7 Å². The van der Waals surface area contributed by atoms with Crippen molar-refractivity contribution < 1.29 is 5.11 Å². The normalized spacial score (nSPS) is 11.7. The minimum atomic E-state index is -0.153. The third-order valence-electron chi connectivity index (χ3n) is 2.96. The van der Waals surface area contributed by atoms with Crippen LogP contribution >= 0.6 is 0 Å². The molecule has 0 heterocycles. The van der Waals surface area contributed by atoms with Gasteiger partial charge in [-0.25, -0.2) is 0 Å². The van der Waals surface area contributed by atoms with E-state index in [0.717, 1.165) is 16.7 Å². The quantitative estimate of drug-likeness (QED) is 0.759. The molecule has 0 unspecified atom stereocenters. The minimum absolute atomic E-state index is 0.153. The minimum Gasteiger partial charge on any atom is -0.508 e. The molecule has 1 nitrogen and oxygen atoms in total. The number of aromatic hydroxyl groups is 1. The molecule has 0 atom stereocenters. The molecule has 0 amide bonds. The molecule has 0 aliphatic carbocycles. The first-order chi connectivity index (χ1) is 7.84. The summed E-state index contributed by atoms with van der Waals surface area (Å²) >= 11 is 0. The molecule has 0 fully saturated rings. The van der Waals surface area contributed by atoms with Gasteiger partial charge in [-0.3, -0.25) is 0 Å². The summed E-state index contributed by atoms with van der Waals surface area (Å²) in [6.45, 7) is 14.1. The molecule has 1 rings (SSSR count). The van der Waals surface area contributed by atoms with Crippen molar-refractivity contribution in [3.63, 3.8) is 0 Å². The summed E-state index contributed by atoms with van der Waals surface area (Å²) in [6.07, 6.45) is 3.96. The zero-order valence-corrected chi connectivity index (χ0v) is 10.8. The summed E-state index contributed by atoms with van der Waals surface area (Å²) in [5, 5.41) is 9.29. The van der Waals surface area contributed by atoms with Gasteiger partial charge in [0.1, 0.15) is 5.75 Å². The van der Waals surface area contributed by atoms with Crippen LogP contribution in [0.3, 0.4) is 0 Å². The zero-order valence-electron chi connectivity index (χ0n) is 10.8. The first-order valence-electron chi connectivity index (χ1n) is 5.66. The summed E-state index contributed by atoms with van der Waals surface area (Å²) in [6, 6.07) is 7.25. The Kier molecular flexibility index (Phi) is 3.95. The highest BCUT2D eigenvalue weighted by Crippen LogP contribution is 2.32. The second kappa shape index (κ2) is 5.05. The summed E-state index contributed by atoms with van der Waals surface area (Å²) in [7, 11) is 0. The highest BCUT2D eigenvalue weighted by molar-refractivity contribution is 5.41. The molecule has 0 saturated carbocycles. The first-order valence-corrected chi connectivity index (χ1v) is 5.66. The maximum absolute atomic E-state index is 9.29. The Labute approximate surface area is 104 Å². The zero-order chi connectivity index (χ0) is 13.1. The van der Waals surface area contributed by atoms with Crippen molar-refractivity contribution in [1.82, 2.24) is 0 Å². The van der Waals surface area contributed by atoms with Crippen LogP contribution < -0.4 is 0 Å². The van der Waals surface area contributed by atoms with Crippen LogP contribution in [0.4, 0.5) is 0 Å². The van der Waals surface area contributed by atoms with Crippen molar-refractivity contribution >= 4 is 0 Å². The van der Waals surface area contributed by atoms with Crippen molar-refractivity contribution in [3.05, 3.63) is 66.3 Å². The second-order valence-corrected chi connectivity index (χ2v) is 4.88. The monoisotopic (exact) mass is 228 g/mol. The molecule has 0 aliphatic rings. The second-order valence-electron chi connectivity index (χ2n) is 4.88. The Balaban J connectivity index is 2.98. The van der Waals surface area contributed by atoms with Crippen LogP contribution in [0.1, 0.15) is 26.3 Å². The number of phenols is 1. The van der Waals surface area contributed by atoms with E-state index in [9.17, 15) is 5.11 Å². The number of phenolic OH excluding ortho intramolecular Hbond substituents is 1. The van der Waals surface area contributed by atoms with Crippen LogP contribution in [0.2, 0.25) is 0 Å². The number of rotatable bonds is 4. The van der Waals surface area contributed by atoms with E-state index in [0.29, 0.717) is 0 Å². The third-order valence-corrected chi connectivity index (χ3v) is 2.96. The van der Waals surface area contributed by atoms with E-state index >= 15 is 0 Å². The summed E-state index contributed by atoms with van der Waals surface area (Å²) < 4.78 is 0. The summed E-state index contributed by atoms with van der Waals surface area (Å²) in [5.41, 5.74) is 3.00. The molecule has 1 aromatic rings. The van der Waals surface area contributed by atoms with Gasteiger partial charge in [0.25, 0.3) is 0 Å². The molecule has 90 valence electrons. The Bertz CT molecular complexity index is 447. The SMILES string of the molecule is C=C(C)/C=C\C(=C)C(C)(C)c1ccc(O)cc1. The number of hydrogen-bond donors (Lipinski definition) is 1. The van der Waals surface area contributed by atoms with E-state index < -0.39 is 0 Å². The van der Waals surface area contributed by atoms with Gasteiger partial charge in [-0.15, -0.1) is 0 Å². The van der Waals surface area contributed by atoms with Gasteiger partial charge in [0.15, 0.2) is 0 Å². The molecule has 0 bridgehead atoms. The average Bonchev–Trinajstić information content (AvgIpc) is 2.26. The lowest BCUT2D eigenvalue weighted by Gasteiger charge is -2.26. The van der Waals surface area contributed by atoms with Crippen molar-refractivity contribution in [2.24, 2.45) is 0 Å².